The lowest BCUT2D eigenvalue weighted by molar-refractivity contribution is -0.135. The van der Waals surface area contributed by atoms with E-state index in [1.165, 1.54) is 0 Å². The van der Waals surface area contributed by atoms with E-state index in [4.69, 9.17) is 14.2 Å². The average Bonchev–Trinajstić information content (AvgIpc) is 2.85. The van der Waals surface area contributed by atoms with Crippen LogP contribution in [0.4, 0.5) is 5.69 Å². The van der Waals surface area contributed by atoms with Gasteiger partial charge in [0.1, 0.15) is 11.5 Å². The van der Waals surface area contributed by atoms with Crippen molar-refractivity contribution in [2.45, 2.75) is 13.3 Å². The van der Waals surface area contributed by atoms with E-state index in [0.29, 0.717) is 30.1 Å². The number of carbonyl (C=O) groups is 1. The van der Waals surface area contributed by atoms with Gasteiger partial charge in [0.05, 0.1) is 32.1 Å². The quantitative estimate of drug-likeness (QED) is 0.667. The fraction of sp³-hybridized carbons (Fsp3) is 0.357. The summed E-state index contributed by atoms with van der Waals surface area (Å²) in [6.07, 6.45) is 0.635. The van der Waals surface area contributed by atoms with Gasteiger partial charge in [0.15, 0.2) is 0 Å². The molecule has 1 N–H and O–H groups in total. The van der Waals surface area contributed by atoms with Gasteiger partial charge < -0.3 is 19.5 Å². The zero-order valence-electron chi connectivity index (χ0n) is 11.3. The number of carbonyl (C=O) groups excluding carboxylic acids is 1. The first-order valence-corrected chi connectivity index (χ1v) is 6.01. The van der Waals surface area contributed by atoms with E-state index in [1.807, 2.05) is 19.1 Å². The zero-order chi connectivity index (χ0) is 13.8. The Kier molecular flexibility index (Phi) is 3.94. The van der Waals surface area contributed by atoms with Gasteiger partial charge in [0, 0.05) is 18.2 Å². The number of hydrogen-bond donors (Lipinski definition) is 1. The molecule has 1 aliphatic heterocycles. The lowest BCUT2D eigenvalue weighted by Gasteiger charge is -2.13. The summed E-state index contributed by atoms with van der Waals surface area (Å²) in [6, 6.07) is 5.46. The van der Waals surface area contributed by atoms with E-state index < -0.39 is 0 Å². The molecule has 5 nitrogen and oxygen atoms in total. The predicted octanol–water partition coefficient (Wildman–Crippen LogP) is 2.34. The Hall–Kier alpha value is -2.17. The van der Waals surface area contributed by atoms with Crippen LogP contribution in [0.15, 0.2) is 29.5 Å². The molecule has 1 saturated heterocycles. The molecule has 0 amide bonds. The molecule has 1 aromatic rings. The van der Waals surface area contributed by atoms with Crippen LogP contribution in [0.1, 0.15) is 13.3 Å². The Labute approximate surface area is 112 Å². The minimum absolute atomic E-state index is 0.252. The maximum Gasteiger partial charge on any atom is 0.335 e. The summed E-state index contributed by atoms with van der Waals surface area (Å²) in [7, 11) is 3.19. The van der Waals surface area contributed by atoms with Crippen molar-refractivity contribution in [3.8, 4) is 11.5 Å². The fourth-order valence-corrected chi connectivity index (χ4v) is 1.95. The second-order valence-corrected chi connectivity index (χ2v) is 4.18. The number of cyclic esters (lactones) is 1. The molecule has 0 aliphatic carbocycles. The van der Waals surface area contributed by atoms with Gasteiger partial charge in [-0.05, 0) is 19.1 Å². The van der Waals surface area contributed by atoms with Gasteiger partial charge in [-0.3, -0.25) is 0 Å². The molecule has 0 atom stereocenters. The summed E-state index contributed by atoms with van der Waals surface area (Å²) in [5.74, 6) is 1.12. The Morgan fingerprint density at radius 1 is 1.32 bits per heavy atom. The first-order chi connectivity index (χ1) is 9.15. The van der Waals surface area contributed by atoms with Crippen LogP contribution >= 0.6 is 0 Å². The summed E-state index contributed by atoms with van der Waals surface area (Å²) in [5, 5.41) is 3.18. The first-order valence-electron chi connectivity index (χ1n) is 6.01. The summed E-state index contributed by atoms with van der Waals surface area (Å²) in [4.78, 5) is 11.5. The Morgan fingerprint density at radius 3 is 2.68 bits per heavy atom. The normalized spacial score (nSPS) is 16.9. The highest BCUT2D eigenvalue weighted by Gasteiger charge is 2.21. The Bertz CT molecular complexity index is 522. The van der Waals surface area contributed by atoms with Crippen LogP contribution in [0.5, 0.6) is 11.5 Å². The highest BCUT2D eigenvalue weighted by molar-refractivity contribution is 5.91. The number of nitrogens with one attached hydrogen (secondary N) is 1. The average molecular weight is 263 g/mol. The standard InChI is InChI=1S/C14H17NO4/c1-9(11-6-7-19-14(11)16)15-12-5-4-10(17-2)8-13(12)18-3/h4-5,8,15H,6-7H2,1-3H3/b11-9+. The van der Waals surface area contributed by atoms with Crippen LogP contribution in [-0.2, 0) is 9.53 Å². The van der Waals surface area contributed by atoms with E-state index in [9.17, 15) is 4.79 Å². The Balaban J connectivity index is 2.26. The molecule has 1 fully saturated rings. The van der Waals surface area contributed by atoms with Crippen molar-refractivity contribution in [3.05, 3.63) is 29.5 Å². The number of ether oxygens (including phenoxy) is 3. The second kappa shape index (κ2) is 5.65. The van der Waals surface area contributed by atoms with E-state index in [-0.39, 0.29) is 5.97 Å². The van der Waals surface area contributed by atoms with Crippen LogP contribution in [-0.4, -0.2) is 26.8 Å². The molecule has 5 heteroatoms. The van der Waals surface area contributed by atoms with Crippen LogP contribution in [0.3, 0.4) is 0 Å². The molecule has 1 aliphatic rings. The van der Waals surface area contributed by atoms with Crippen molar-refractivity contribution in [3.63, 3.8) is 0 Å². The van der Waals surface area contributed by atoms with E-state index >= 15 is 0 Å². The summed E-state index contributed by atoms with van der Waals surface area (Å²) < 4.78 is 15.4. The molecule has 0 radical (unpaired) electrons. The molecule has 102 valence electrons. The Morgan fingerprint density at radius 2 is 2.11 bits per heavy atom. The number of rotatable bonds is 4. The highest BCUT2D eigenvalue weighted by Crippen LogP contribution is 2.31. The number of hydrogen-bond acceptors (Lipinski definition) is 5. The molecule has 0 unspecified atom stereocenters. The zero-order valence-corrected chi connectivity index (χ0v) is 11.3. The van der Waals surface area contributed by atoms with E-state index in [1.54, 1.807) is 20.3 Å². The van der Waals surface area contributed by atoms with Crippen molar-refractivity contribution >= 4 is 11.7 Å². The van der Waals surface area contributed by atoms with Crippen molar-refractivity contribution < 1.29 is 19.0 Å². The molecule has 1 heterocycles. The highest BCUT2D eigenvalue weighted by atomic mass is 16.5. The van der Waals surface area contributed by atoms with Crippen LogP contribution in [0, 0.1) is 0 Å². The van der Waals surface area contributed by atoms with Gasteiger partial charge in [-0.2, -0.15) is 0 Å². The third kappa shape index (κ3) is 2.81. The molecule has 0 aromatic heterocycles. The third-order valence-corrected chi connectivity index (χ3v) is 3.02. The molecule has 19 heavy (non-hydrogen) atoms. The van der Waals surface area contributed by atoms with Gasteiger partial charge in [0.25, 0.3) is 0 Å². The van der Waals surface area contributed by atoms with Crippen LogP contribution < -0.4 is 14.8 Å². The van der Waals surface area contributed by atoms with E-state index in [2.05, 4.69) is 5.32 Å². The molecule has 0 bridgehead atoms. The van der Waals surface area contributed by atoms with Gasteiger partial charge in [0.2, 0.25) is 0 Å². The topological polar surface area (TPSA) is 56.8 Å². The smallest absolute Gasteiger partial charge is 0.335 e. The molecule has 0 saturated carbocycles. The second-order valence-electron chi connectivity index (χ2n) is 4.18. The fourth-order valence-electron chi connectivity index (χ4n) is 1.95. The van der Waals surface area contributed by atoms with Crippen molar-refractivity contribution in [2.24, 2.45) is 0 Å². The minimum Gasteiger partial charge on any atom is -0.497 e. The van der Waals surface area contributed by atoms with Crippen LogP contribution in [0.2, 0.25) is 0 Å². The number of esters is 1. The number of anilines is 1. The number of allylic oxidation sites excluding steroid dienone is 1. The van der Waals surface area contributed by atoms with Gasteiger partial charge >= 0.3 is 5.97 Å². The van der Waals surface area contributed by atoms with Crippen molar-refractivity contribution in [1.82, 2.24) is 0 Å². The van der Waals surface area contributed by atoms with Gasteiger partial charge in [-0.25, -0.2) is 4.79 Å². The van der Waals surface area contributed by atoms with E-state index in [0.717, 1.165) is 11.4 Å². The largest absolute Gasteiger partial charge is 0.497 e. The summed E-state index contributed by atoms with van der Waals surface area (Å²) >= 11 is 0. The van der Waals surface area contributed by atoms with Crippen LogP contribution in [0.25, 0.3) is 0 Å². The maximum atomic E-state index is 11.5. The SMILES string of the molecule is COc1ccc(N/C(C)=C2\CCOC2=O)c(OC)c1. The monoisotopic (exact) mass is 263 g/mol. The summed E-state index contributed by atoms with van der Waals surface area (Å²) in [5.41, 5.74) is 2.25. The molecular weight excluding hydrogens is 246 g/mol. The lowest BCUT2D eigenvalue weighted by Crippen LogP contribution is -2.05. The maximum absolute atomic E-state index is 11.5. The van der Waals surface area contributed by atoms with Crippen molar-refractivity contribution in [1.29, 1.82) is 0 Å². The lowest BCUT2D eigenvalue weighted by atomic mass is 10.1. The van der Waals surface area contributed by atoms with Gasteiger partial charge in [-0.15, -0.1) is 0 Å². The molecule has 0 spiro atoms. The minimum atomic E-state index is -0.252. The first kappa shape index (κ1) is 13.3. The predicted molar refractivity (Wildman–Crippen MR) is 71.4 cm³/mol. The molecule has 2 rings (SSSR count). The van der Waals surface area contributed by atoms with Gasteiger partial charge in [-0.1, -0.05) is 0 Å². The molecule has 1 aromatic carbocycles. The number of methoxy groups -OCH3 is 2. The van der Waals surface area contributed by atoms with Crippen molar-refractivity contribution in [2.75, 3.05) is 26.1 Å². The molecular formula is C14H17NO4. The summed E-state index contributed by atoms with van der Waals surface area (Å²) in [6.45, 7) is 2.30. The number of benzene rings is 1. The third-order valence-electron chi connectivity index (χ3n) is 3.02.